The number of aliphatic hydroxyl groups is 1. The second-order valence-corrected chi connectivity index (χ2v) is 6.97. The third-order valence-corrected chi connectivity index (χ3v) is 4.83. The Labute approximate surface area is 158 Å². The van der Waals surface area contributed by atoms with E-state index in [0.717, 1.165) is 16.9 Å². The SMILES string of the molecule is O=C(NCC1(O)Cc2ccccc2C1)c1ccc(Oc2ccccc2)cc1. The van der Waals surface area contributed by atoms with Crippen molar-refractivity contribution in [3.63, 3.8) is 0 Å². The molecule has 0 atom stereocenters. The number of para-hydroxylation sites is 1. The molecule has 3 aromatic carbocycles. The van der Waals surface area contributed by atoms with Gasteiger partial charge in [-0.1, -0.05) is 42.5 Å². The average Bonchev–Trinajstić information content (AvgIpc) is 3.04. The lowest BCUT2D eigenvalue weighted by atomic mass is 10.0. The second kappa shape index (κ2) is 7.25. The molecule has 2 N–H and O–H groups in total. The molecule has 1 aliphatic rings. The Bertz CT molecular complexity index is 910. The Morgan fingerprint density at radius 3 is 2.04 bits per heavy atom. The van der Waals surface area contributed by atoms with Gasteiger partial charge in [0.2, 0.25) is 0 Å². The molecule has 0 radical (unpaired) electrons. The number of carbonyl (C=O) groups is 1. The molecule has 4 rings (SSSR count). The molecule has 0 saturated heterocycles. The Hall–Kier alpha value is -3.11. The van der Waals surface area contributed by atoms with Gasteiger partial charge in [-0.2, -0.15) is 0 Å². The summed E-state index contributed by atoms with van der Waals surface area (Å²) >= 11 is 0. The average molecular weight is 359 g/mol. The van der Waals surface area contributed by atoms with Crippen molar-refractivity contribution < 1.29 is 14.6 Å². The molecular formula is C23H21NO3. The van der Waals surface area contributed by atoms with Gasteiger partial charge in [0.05, 0.1) is 5.60 Å². The van der Waals surface area contributed by atoms with E-state index in [0.29, 0.717) is 24.2 Å². The zero-order chi connectivity index (χ0) is 18.7. The summed E-state index contributed by atoms with van der Waals surface area (Å²) in [6, 6.07) is 24.5. The van der Waals surface area contributed by atoms with E-state index >= 15 is 0 Å². The van der Waals surface area contributed by atoms with E-state index in [9.17, 15) is 9.90 Å². The van der Waals surface area contributed by atoms with Gasteiger partial charge in [-0.05, 0) is 47.5 Å². The van der Waals surface area contributed by atoms with E-state index < -0.39 is 5.60 Å². The minimum absolute atomic E-state index is 0.203. The van der Waals surface area contributed by atoms with Crippen LogP contribution < -0.4 is 10.1 Å². The van der Waals surface area contributed by atoms with Gasteiger partial charge in [0.15, 0.2) is 0 Å². The summed E-state index contributed by atoms with van der Waals surface area (Å²) in [5.74, 6) is 1.21. The molecule has 1 aliphatic carbocycles. The van der Waals surface area contributed by atoms with Gasteiger partial charge in [0.25, 0.3) is 5.91 Å². The molecule has 0 heterocycles. The minimum Gasteiger partial charge on any atom is -0.457 e. The van der Waals surface area contributed by atoms with E-state index in [2.05, 4.69) is 5.32 Å². The number of rotatable bonds is 5. The maximum Gasteiger partial charge on any atom is 0.251 e. The highest BCUT2D eigenvalue weighted by Gasteiger charge is 2.35. The van der Waals surface area contributed by atoms with Gasteiger partial charge in [-0.15, -0.1) is 0 Å². The van der Waals surface area contributed by atoms with Crippen molar-refractivity contribution in [2.45, 2.75) is 18.4 Å². The standard InChI is InChI=1S/C23H21NO3/c25-22(24-16-23(26)14-18-6-4-5-7-19(18)15-23)17-10-12-21(13-11-17)27-20-8-2-1-3-9-20/h1-13,26H,14-16H2,(H,24,25). The van der Waals surface area contributed by atoms with E-state index in [4.69, 9.17) is 4.74 Å². The predicted octanol–water partition coefficient (Wildman–Crippen LogP) is 3.74. The van der Waals surface area contributed by atoms with E-state index in [1.807, 2.05) is 54.6 Å². The summed E-state index contributed by atoms with van der Waals surface area (Å²) in [6.07, 6.45) is 1.13. The smallest absolute Gasteiger partial charge is 0.251 e. The van der Waals surface area contributed by atoms with E-state index in [1.54, 1.807) is 24.3 Å². The third kappa shape index (κ3) is 4.01. The van der Waals surface area contributed by atoms with Crippen LogP contribution in [0.2, 0.25) is 0 Å². The lowest BCUT2D eigenvalue weighted by molar-refractivity contribution is 0.0480. The fraction of sp³-hybridized carbons (Fsp3) is 0.174. The minimum atomic E-state index is -0.921. The van der Waals surface area contributed by atoms with Crippen LogP contribution in [0.1, 0.15) is 21.5 Å². The van der Waals surface area contributed by atoms with Crippen LogP contribution in [0.4, 0.5) is 0 Å². The van der Waals surface area contributed by atoms with Gasteiger partial charge < -0.3 is 15.2 Å². The normalized spacial score (nSPS) is 14.4. The van der Waals surface area contributed by atoms with Crippen LogP contribution in [0, 0.1) is 0 Å². The quantitative estimate of drug-likeness (QED) is 0.730. The molecule has 0 spiro atoms. The molecule has 0 bridgehead atoms. The van der Waals surface area contributed by atoms with E-state index in [-0.39, 0.29) is 12.5 Å². The number of nitrogens with one attached hydrogen (secondary N) is 1. The Kier molecular flexibility index (Phi) is 4.65. The summed E-state index contributed by atoms with van der Waals surface area (Å²) in [5, 5.41) is 13.6. The van der Waals surface area contributed by atoms with Gasteiger partial charge in [-0.25, -0.2) is 0 Å². The number of carbonyl (C=O) groups excluding carboxylic acids is 1. The molecule has 27 heavy (non-hydrogen) atoms. The number of benzene rings is 3. The topological polar surface area (TPSA) is 58.6 Å². The predicted molar refractivity (Wildman–Crippen MR) is 104 cm³/mol. The summed E-state index contributed by atoms with van der Waals surface area (Å²) < 4.78 is 5.73. The van der Waals surface area contributed by atoms with Gasteiger partial charge in [-0.3, -0.25) is 4.79 Å². The number of hydrogen-bond donors (Lipinski definition) is 2. The van der Waals surface area contributed by atoms with Crippen molar-refractivity contribution in [1.82, 2.24) is 5.32 Å². The molecule has 0 saturated carbocycles. The largest absolute Gasteiger partial charge is 0.457 e. The molecule has 0 fully saturated rings. The molecule has 0 unspecified atom stereocenters. The van der Waals surface area contributed by atoms with Crippen LogP contribution in [0.5, 0.6) is 11.5 Å². The van der Waals surface area contributed by atoms with Crippen molar-refractivity contribution >= 4 is 5.91 Å². The Morgan fingerprint density at radius 2 is 1.41 bits per heavy atom. The highest BCUT2D eigenvalue weighted by molar-refractivity contribution is 5.94. The van der Waals surface area contributed by atoms with Crippen LogP contribution in [0.15, 0.2) is 78.9 Å². The van der Waals surface area contributed by atoms with Crippen LogP contribution >= 0.6 is 0 Å². The highest BCUT2D eigenvalue weighted by atomic mass is 16.5. The first-order valence-corrected chi connectivity index (χ1v) is 9.02. The van der Waals surface area contributed by atoms with Crippen molar-refractivity contribution in [1.29, 1.82) is 0 Å². The number of ether oxygens (including phenoxy) is 1. The van der Waals surface area contributed by atoms with Crippen LogP contribution in [0.3, 0.4) is 0 Å². The first-order valence-electron chi connectivity index (χ1n) is 9.02. The maximum atomic E-state index is 12.4. The Balaban J connectivity index is 1.35. The fourth-order valence-corrected chi connectivity index (χ4v) is 3.44. The first kappa shape index (κ1) is 17.3. The highest BCUT2D eigenvalue weighted by Crippen LogP contribution is 2.29. The van der Waals surface area contributed by atoms with Gasteiger partial charge >= 0.3 is 0 Å². The van der Waals surface area contributed by atoms with Crippen LogP contribution in [-0.4, -0.2) is 23.2 Å². The van der Waals surface area contributed by atoms with Crippen molar-refractivity contribution in [3.8, 4) is 11.5 Å². The summed E-state index contributed by atoms with van der Waals surface area (Å²) in [6.45, 7) is 0.225. The molecule has 3 aromatic rings. The molecule has 0 aromatic heterocycles. The van der Waals surface area contributed by atoms with Crippen LogP contribution in [0.25, 0.3) is 0 Å². The second-order valence-electron chi connectivity index (χ2n) is 6.97. The summed E-state index contributed by atoms with van der Waals surface area (Å²) in [5.41, 5.74) is 1.92. The van der Waals surface area contributed by atoms with Gasteiger partial charge in [0.1, 0.15) is 11.5 Å². The third-order valence-electron chi connectivity index (χ3n) is 4.83. The number of hydrogen-bond acceptors (Lipinski definition) is 3. The summed E-state index contributed by atoms with van der Waals surface area (Å²) in [4.78, 5) is 12.4. The molecule has 4 heteroatoms. The lowest BCUT2D eigenvalue weighted by Gasteiger charge is -2.22. The number of fused-ring (bicyclic) bond motifs is 1. The number of amides is 1. The van der Waals surface area contributed by atoms with Crippen molar-refractivity contribution in [2.24, 2.45) is 0 Å². The first-order chi connectivity index (χ1) is 13.1. The Morgan fingerprint density at radius 1 is 0.852 bits per heavy atom. The molecule has 1 amide bonds. The summed E-state index contributed by atoms with van der Waals surface area (Å²) in [7, 11) is 0. The monoisotopic (exact) mass is 359 g/mol. The van der Waals surface area contributed by atoms with Crippen LogP contribution in [-0.2, 0) is 12.8 Å². The lowest BCUT2D eigenvalue weighted by Crippen LogP contribution is -2.43. The fourth-order valence-electron chi connectivity index (χ4n) is 3.44. The molecule has 4 nitrogen and oxygen atoms in total. The molecule has 136 valence electrons. The van der Waals surface area contributed by atoms with E-state index in [1.165, 1.54) is 0 Å². The van der Waals surface area contributed by atoms with Gasteiger partial charge in [0, 0.05) is 24.9 Å². The zero-order valence-corrected chi connectivity index (χ0v) is 14.9. The zero-order valence-electron chi connectivity index (χ0n) is 14.9. The van der Waals surface area contributed by atoms with Crippen molar-refractivity contribution in [3.05, 3.63) is 95.6 Å². The maximum absolute atomic E-state index is 12.4. The molecular weight excluding hydrogens is 338 g/mol. The molecule has 0 aliphatic heterocycles. The van der Waals surface area contributed by atoms with Crippen molar-refractivity contribution in [2.75, 3.05) is 6.54 Å².